The maximum Gasteiger partial charge on any atom is 0.185 e. The number of benzene rings is 1. The summed E-state index contributed by atoms with van der Waals surface area (Å²) in [5, 5.41) is 0. The van der Waals surface area contributed by atoms with Gasteiger partial charge in [0.15, 0.2) is 6.29 Å². The fraction of sp³-hybridized carbons (Fsp3) is 0.656. The average molecular weight is 496 g/mol. The van der Waals surface area contributed by atoms with Gasteiger partial charge in [-0.2, -0.15) is 0 Å². The highest BCUT2D eigenvalue weighted by atomic mass is 16.7. The molecule has 4 nitrogen and oxygen atoms in total. The van der Waals surface area contributed by atoms with Crippen molar-refractivity contribution >= 4 is 0 Å². The van der Waals surface area contributed by atoms with Crippen molar-refractivity contribution in [3.8, 4) is 17.0 Å². The predicted octanol–water partition coefficient (Wildman–Crippen LogP) is 9.15. The second-order valence-corrected chi connectivity index (χ2v) is 10.6. The lowest BCUT2D eigenvalue weighted by atomic mass is 10.0. The first-order valence-corrected chi connectivity index (χ1v) is 14.6. The summed E-state index contributed by atoms with van der Waals surface area (Å²) in [6, 6.07) is 12.4. The largest absolute Gasteiger partial charge is 0.494 e. The Morgan fingerprint density at radius 3 is 2.28 bits per heavy atom. The molecule has 0 aliphatic carbocycles. The highest BCUT2D eigenvalue weighted by Crippen LogP contribution is 2.29. The van der Waals surface area contributed by atoms with Gasteiger partial charge in [0.1, 0.15) is 5.75 Å². The molecule has 1 aromatic heterocycles. The molecule has 0 saturated carbocycles. The molecule has 0 bridgehead atoms. The zero-order valence-corrected chi connectivity index (χ0v) is 23.1. The summed E-state index contributed by atoms with van der Waals surface area (Å²) in [4.78, 5) is 4.67. The van der Waals surface area contributed by atoms with Gasteiger partial charge in [0, 0.05) is 23.2 Å². The number of pyridine rings is 1. The van der Waals surface area contributed by atoms with Crippen molar-refractivity contribution in [1.82, 2.24) is 4.98 Å². The van der Waals surface area contributed by atoms with E-state index in [9.17, 15) is 0 Å². The summed E-state index contributed by atoms with van der Waals surface area (Å²) in [5.41, 5.74) is 3.03. The monoisotopic (exact) mass is 495 g/mol. The van der Waals surface area contributed by atoms with E-state index in [4.69, 9.17) is 14.2 Å². The topological polar surface area (TPSA) is 40.6 Å². The van der Waals surface area contributed by atoms with Crippen molar-refractivity contribution in [2.45, 2.75) is 104 Å². The van der Waals surface area contributed by atoms with Gasteiger partial charge in [-0.3, -0.25) is 4.98 Å². The van der Waals surface area contributed by atoms with E-state index in [1.165, 1.54) is 70.6 Å². The first-order valence-electron chi connectivity index (χ1n) is 14.6. The predicted molar refractivity (Wildman–Crippen MR) is 149 cm³/mol. The number of unbranched alkanes of at least 4 members (excludes halogenated alkanes) is 7. The second-order valence-electron chi connectivity index (χ2n) is 10.6. The van der Waals surface area contributed by atoms with Crippen LogP contribution in [0.25, 0.3) is 11.3 Å². The molecule has 4 heteroatoms. The van der Waals surface area contributed by atoms with E-state index in [-0.39, 0.29) is 6.29 Å². The van der Waals surface area contributed by atoms with Crippen molar-refractivity contribution < 1.29 is 14.2 Å². The number of hydrogen-bond donors (Lipinski definition) is 0. The van der Waals surface area contributed by atoms with Gasteiger partial charge < -0.3 is 14.2 Å². The van der Waals surface area contributed by atoms with Crippen LogP contribution in [0.1, 0.15) is 110 Å². The van der Waals surface area contributed by atoms with Crippen LogP contribution >= 0.6 is 0 Å². The standard InChI is InChI=1S/C32H49NO3/c1-4-6-7-8-9-12-15-27-24-35-32(36-25-27)29-18-21-31(33-23-29)28-16-19-30(20-17-28)34-22-13-10-11-14-26(3)5-2/h16-21,23,26-27,32H,4-15,22,24-25H2,1-3H3. The van der Waals surface area contributed by atoms with Crippen molar-refractivity contribution in [3.63, 3.8) is 0 Å². The van der Waals surface area contributed by atoms with Crippen LogP contribution in [0.3, 0.4) is 0 Å². The van der Waals surface area contributed by atoms with Crippen LogP contribution in [0.5, 0.6) is 5.75 Å². The SMILES string of the molecule is CCCCCCCCC1COC(c2ccc(-c3ccc(OCCCCCC(C)CC)cc3)nc2)OC1. The Labute approximate surface area is 220 Å². The van der Waals surface area contributed by atoms with Crippen LogP contribution in [-0.4, -0.2) is 24.8 Å². The summed E-state index contributed by atoms with van der Waals surface area (Å²) >= 11 is 0. The van der Waals surface area contributed by atoms with Crippen molar-refractivity contribution in [2.75, 3.05) is 19.8 Å². The van der Waals surface area contributed by atoms with Crippen LogP contribution in [0.15, 0.2) is 42.6 Å². The fourth-order valence-corrected chi connectivity index (χ4v) is 4.72. The van der Waals surface area contributed by atoms with E-state index >= 15 is 0 Å². The third-order valence-corrected chi connectivity index (χ3v) is 7.45. The maximum atomic E-state index is 6.03. The molecule has 0 amide bonds. The highest BCUT2D eigenvalue weighted by Gasteiger charge is 2.23. The van der Waals surface area contributed by atoms with Gasteiger partial charge in [0.05, 0.1) is 25.5 Å². The number of ether oxygens (including phenoxy) is 3. The second kappa shape index (κ2) is 16.8. The molecule has 1 atom stereocenters. The molecular weight excluding hydrogens is 446 g/mol. The molecule has 1 aliphatic rings. The Morgan fingerprint density at radius 1 is 0.861 bits per heavy atom. The molecule has 0 spiro atoms. The minimum Gasteiger partial charge on any atom is -0.494 e. The van der Waals surface area contributed by atoms with Gasteiger partial charge in [-0.1, -0.05) is 91.0 Å². The fourth-order valence-electron chi connectivity index (χ4n) is 4.72. The number of nitrogens with zero attached hydrogens (tertiary/aromatic N) is 1. The first-order chi connectivity index (χ1) is 17.7. The van der Waals surface area contributed by atoms with E-state index in [2.05, 4.69) is 50.0 Å². The molecule has 36 heavy (non-hydrogen) atoms. The van der Waals surface area contributed by atoms with Gasteiger partial charge in [0.25, 0.3) is 0 Å². The quantitative estimate of drug-likeness (QED) is 0.205. The molecule has 1 aromatic carbocycles. The van der Waals surface area contributed by atoms with Crippen LogP contribution in [0, 0.1) is 11.8 Å². The number of aromatic nitrogens is 1. The van der Waals surface area contributed by atoms with Crippen molar-refractivity contribution in [3.05, 3.63) is 48.2 Å². The molecular formula is C32H49NO3. The smallest absolute Gasteiger partial charge is 0.185 e. The van der Waals surface area contributed by atoms with Crippen molar-refractivity contribution in [1.29, 1.82) is 0 Å². The number of hydrogen-bond acceptors (Lipinski definition) is 4. The lowest BCUT2D eigenvalue weighted by Crippen LogP contribution is -2.27. The van der Waals surface area contributed by atoms with E-state index in [0.717, 1.165) is 54.7 Å². The van der Waals surface area contributed by atoms with Gasteiger partial charge in [-0.15, -0.1) is 0 Å². The molecule has 1 fully saturated rings. The van der Waals surface area contributed by atoms with Gasteiger partial charge in [-0.05, 0) is 49.1 Å². The summed E-state index contributed by atoms with van der Waals surface area (Å²) < 4.78 is 18.0. The van der Waals surface area contributed by atoms with E-state index in [0.29, 0.717) is 5.92 Å². The molecule has 0 radical (unpaired) electrons. The highest BCUT2D eigenvalue weighted by molar-refractivity contribution is 5.60. The lowest BCUT2D eigenvalue weighted by Gasteiger charge is -2.29. The summed E-state index contributed by atoms with van der Waals surface area (Å²) in [6.45, 7) is 9.22. The van der Waals surface area contributed by atoms with Gasteiger partial charge >= 0.3 is 0 Å². The minimum absolute atomic E-state index is 0.298. The van der Waals surface area contributed by atoms with Crippen LogP contribution in [-0.2, 0) is 9.47 Å². The van der Waals surface area contributed by atoms with Crippen LogP contribution in [0.4, 0.5) is 0 Å². The zero-order valence-electron chi connectivity index (χ0n) is 23.1. The lowest BCUT2D eigenvalue weighted by molar-refractivity contribution is -0.206. The molecule has 0 N–H and O–H groups in total. The van der Waals surface area contributed by atoms with Gasteiger partial charge in [0.2, 0.25) is 0 Å². The third kappa shape index (κ3) is 10.2. The molecule has 2 aromatic rings. The Bertz CT molecular complexity index is 812. The van der Waals surface area contributed by atoms with Crippen LogP contribution in [0.2, 0.25) is 0 Å². The zero-order chi connectivity index (χ0) is 25.4. The Balaban J connectivity index is 1.35. The normalized spacial score (nSPS) is 18.8. The van der Waals surface area contributed by atoms with E-state index in [1.807, 2.05) is 18.3 Å². The Hall–Kier alpha value is -1.91. The minimum atomic E-state index is -0.298. The van der Waals surface area contributed by atoms with Crippen LogP contribution < -0.4 is 4.74 Å². The Morgan fingerprint density at radius 2 is 1.58 bits per heavy atom. The molecule has 1 unspecified atom stereocenters. The first kappa shape index (κ1) is 28.7. The molecule has 2 heterocycles. The maximum absolute atomic E-state index is 6.03. The average Bonchev–Trinajstić information content (AvgIpc) is 2.93. The summed E-state index contributed by atoms with van der Waals surface area (Å²) in [6.07, 6.45) is 17.1. The molecule has 200 valence electrons. The van der Waals surface area contributed by atoms with E-state index < -0.39 is 0 Å². The number of rotatable bonds is 17. The summed E-state index contributed by atoms with van der Waals surface area (Å²) in [7, 11) is 0. The Kier molecular flexibility index (Phi) is 13.3. The third-order valence-electron chi connectivity index (χ3n) is 7.45. The van der Waals surface area contributed by atoms with Gasteiger partial charge in [-0.25, -0.2) is 0 Å². The molecule has 1 aliphatic heterocycles. The van der Waals surface area contributed by atoms with E-state index in [1.54, 1.807) is 0 Å². The summed E-state index contributed by atoms with van der Waals surface area (Å²) in [5.74, 6) is 2.29. The molecule has 3 rings (SSSR count). The molecule has 1 saturated heterocycles. The van der Waals surface area contributed by atoms with Crippen molar-refractivity contribution in [2.24, 2.45) is 11.8 Å².